The Bertz CT molecular complexity index is 526. The lowest BCUT2D eigenvalue weighted by Gasteiger charge is -2.29. The summed E-state index contributed by atoms with van der Waals surface area (Å²) in [6, 6.07) is 5.13. The van der Waals surface area contributed by atoms with E-state index in [1.807, 2.05) is 0 Å². The van der Waals surface area contributed by atoms with Crippen molar-refractivity contribution in [3.63, 3.8) is 0 Å². The van der Waals surface area contributed by atoms with Crippen LogP contribution in [0.4, 0.5) is 0 Å². The Morgan fingerprint density at radius 2 is 2.21 bits per heavy atom. The van der Waals surface area contributed by atoms with Gasteiger partial charge in [-0.2, -0.15) is 0 Å². The Hall–Kier alpha value is -1.55. The molecule has 1 unspecified atom stereocenters. The van der Waals surface area contributed by atoms with Crippen LogP contribution in [0.1, 0.15) is 29.3 Å². The minimum absolute atomic E-state index is 0.204. The average molecular weight is 283 g/mol. The molecular formula is C14H15ClO4. The van der Waals surface area contributed by atoms with E-state index >= 15 is 0 Å². The number of alkyl halides is 1. The lowest BCUT2D eigenvalue weighted by molar-refractivity contribution is -0.145. The number of Topliss-reactive ketones (excluding diaryl/α,β-unsaturated/α-hetero) is 1. The van der Waals surface area contributed by atoms with Gasteiger partial charge in [0.15, 0.2) is 5.78 Å². The Morgan fingerprint density at radius 1 is 1.47 bits per heavy atom. The molecule has 0 bridgehead atoms. The van der Waals surface area contributed by atoms with Gasteiger partial charge in [0.1, 0.15) is 5.75 Å². The first kappa shape index (κ1) is 13.9. The topological polar surface area (TPSA) is 52.6 Å². The van der Waals surface area contributed by atoms with Crippen LogP contribution in [0.3, 0.4) is 0 Å². The Balaban J connectivity index is 2.36. The molecule has 0 N–H and O–H groups in total. The fraction of sp³-hybridized carbons (Fsp3) is 0.429. The van der Waals surface area contributed by atoms with Gasteiger partial charge in [-0.05, 0) is 43.5 Å². The van der Waals surface area contributed by atoms with Gasteiger partial charge in [-0.1, -0.05) is 11.6 Å². The van der Waals surface area contributed by atoms with Crippen LogP contribution in [0.2, 0.25) is 0 Å². The van der Waals surface area contributed by atoms with Crippen LogP contribution in [0.25, 0.3) is 0 Å². The van der Waals surface area contributed by atoms with Gasteiger partial charge in [-0.3, -0.25) is 4.79 Å². The molecule has 19 heavy (non-hydrogen) atoms. The molecule has 0 aliphatic heterocycles. The van der Waals surface area contributed by atoms with Crippen molar-refractivity contribution in [2.24, 2.45) is 0 Å². The molecule has 102 valence electrons. The van der Waals surface area contributed by atoms with Crippen LogP contribution in [0.15, 0.2) is 18.2 Å². The summed E-state index contributed by atoms with van der Waals surface area (Å²) in [5.41, 5.74) is 1.32. The number of rotatable bonds is 3. The number of halogens is 1. The summed E-state index contributed by atoms with van der Waals surface area (Å²) >= 11 is 6.20. The van der Waals surface area contributed by atoms with E-state index in [1.54, 1.807) is 32.2 Å². The first-order valence-corrected chi connectivity index (χ1v) is 6.48. The first-order chi connectivity index (χ1) is 9.02. The SMILES string of the molecule is CCOC(=O)C1(Cl)CCc2cc(OC)ccc2C1=O. The van der Waals surface area contributed by atoms with Gasteiger partial charge >= 0.3 is 5.97 Å². The Kier molecular flexibility index (Phi) is 3.80. The molecule has 1 aliphatic carbocycles. The van der Waals surface area contributed by atoms with Crippen LogP contribution in [0.5, 0.6) is 5.75 Å². The summed E-state index contributed by atoms with van der Waals surface area (Å²) in [5.74, 6) is -0.371. The van der Waals surface area contributed by atoms with Gasteiger partial charge in [0.05, 0.1) is 13.7 Å². The summed E-state index contributed by atoms with van der Waals surface area (Å²) in [6.45, 7) is 1.89. The van der Waals surface area contributed by atoms with Gasteiger partial charge in [0, 0.05) is 5.56 Å². The molecule has 1 aromatic rings. The van der Waals surface area contributed by atoms with Crippen molar-refractivity contribution >= 4 is 23.4 Å². The van der Waals surface area contributed by atoms with E-state index in [0.29, 0.717) is 17.7 Å². The second-order valence-electron chi connectivity index (χ2n) is 4.37. The lowest BCUT2D eigenvalue weighted by Crippen LogP contribution is -2.45. The molecule has 0 amide bonds. The van der Waals surface area contributed by atoms with Crippen LogP contribution < -0.4 is 4.74 Å². The molecule has 1 aromatic carbocycles. The number of esters is 1. The first-order valence-electron chi connectivity index (χ1n) is 6.10. The molecule has 1 aliphatic rings. The predicted molar refractivity (Wildman–Crippen MR) is 70.9 cm³/mol. The van der Waals surface area contributed by atoms with E-state index in [4.69, 9.17) is 21.1 Å². The number of methoxy groups -OCH3 is 1. The zero-order valence-electron chi connectivity index (χ0n) is 10.9. The van der Waals surface area contributed by atoms with Crippen LogP contribution >= 0.6 is 11.6 Å². The molecule has 2 rings (SSSR count). The van der Waals surface area contributed by atoms with Crippen molar-refractivity contribution in [2.75, 3.05) is 13.7 Å². The number of ether oxygens (including phenoxy) is 2. The number of carbonyl (C=O) groups is 2. The smallest absolute Gasteiger partial charge is 0.335 e. The van der Waals surface area contributed by atoms with E-state index in [2.05, 4.69) is 0 Å². The zero-order valence-corrected chi connectivity index (χ0v) is 11.6. The summed E-state index contributed by atoms with van der Waals surface area (Å²) in [5, 5.41) is 0. The van der Waals surface area contributed by atoms with Gasteiger partial charge < -0.3 is 9.47 Å². The van der Waals surface area contributed by atoms with Gasteiger partial charge in [0.2, 0.25) is 4.87 Å². The molecule has 5 heteroatoms. The van der Waals surface area contributed by atoms with Crippen molar-refractivity contribution in [1.29, 1.82) is 0 Å². The van der Waals surface area contributed by atoms with E-state index in [1.165, 1.54) is 0 Å². The maximum absolute atomic E-state index is 12.4. The normalized spacial score (nSPS) is 21.7. The standard InChI is InChI=1S/C14H15ClO4/c1-3-19-13(17)14(15)7-6-9-8-10(18-2)4-5-11(9)12(14)16/h4-5,8H,3,6-7H2,1-2H3. The third-order valence-electron chi connectivity index (χ3n) is 3.25. The van der Waals surface area contributed by atoms with E-state index in [0.717, 1.165) is 5.56 Å². The van der Waals surface area contributed by atoms with Crippen LogP contribution in [-0.2, 0) is 16.0 Å². The molecule has 4 nitrogen and oxygen atoms in total. The molecule has 0 heterocycles. The van der Waals surface area contributed by atoms with Crippen molar-refractivity contribution < 1.29 is 19.1 Å². The lowest BCUT2D eigenvalue weighted by atomic mass is 9.82. The monoisotopic (exact) mass is 282 g/mol. The average Bonchev–Trinajstić information content (AvgIpc) is 2.43. The second-order valence-corrected chi connectivity index (χ2v) is 5.02. The van der Waals surface area contributed by atoms with Crippen molar-refractivity contribution in [3.8, 4) is 5.75 Å². The van der Waals surface area contributed by atoms with Crippen LogP contribution in [-0.4, -0.2) is 30.3 Å². The zero-order chi connectivity index (χ0) is 14.0. The number of hydrogen-bond donors (Lipinski definition) is 0. The molecule has 0 saturated carbocycles. The highest BCUT2D eigenvalue weighted by Crippen LogP contribution is 2.36. The predicted octanol–water partition coefficient (Wildman–Crippen LogP) is 2.36. The van der Waals surface area contributed by atoms with Gasteiger partial charge in [0.25, 0.3) is 0 Å². The summed E-state index contributed by atoms with van der Waals surface area (Å²) < 4.78 is 10.0. The number of fused-ring (bicyclic) bond motifs is 1. The maximum atomic E-state index is 12.4. The fourth-order valence-electron chi connectivity index (χ4n) is 2.20. The number of hydrogen-bond acceptors (Lipinski definition) is 4. The Labute approximate surface area is 116 Å². The van der Waals surface area contributed by atoms with E-state index < -0.39 is 16.6 Å². The number of benzene rings is 1. The minimum atomic E-state index is -1.59. The largest absolute Gasteiger partial charge is 0.497 e. The third kappa shape index (κ3) is 2.32. The van der Waals surface area contributed by atoms with Gasteiger partial charge in [-0.15, -0.1) is 0 Å². The second kappa shape index (κ2) is 5.21. The van der Waals surface area contributed by atoms with Crippen LogP contribution in [0, 0.1) is 0 Å². The van der Waals surface area contributed by atoms with E-state index in [9.17, 15) is 9.59 Å². The highest BCUT2D eigenvalue weighted by Gasteiger charge is 2.48. The third-order valence-corrected chi connectivity index (χ3v) is 3.77. The molecule has 0 radical (unpaired) electrons. The summed E-state index contributed by atoms with van der Waals surface area (Å²) in [6.07, 6.45) is 0.785. The number of ketones is 1. The summed E-state index contributed by atoms with van der Waals surface area (Å²) in [4.78, 5) is 22.7. The maximum Gasteiger partial charge on any atom is 0.335 e. The van der Waals surface area contributed by atoms with Crippen molar-refractivity contribution in [1.82, 2.24) is 0 Å². The highest BCUT2D eigenvalue weighted by molar-refractivity contribution is 6.48. The molecule has 1 atom stereocenters. The number of carbonyl (C=O) groups excluding carboxylic acids is 2. The van der Waals surface area contributed by atoms with Gasteiger partial charge in [-0.25, -0.2) is 4.79 Å². The molecular weight excluding hydrogens is 268 g/mol. The van der Waals surface area contributed by atoms with E-state index in [-0.39, 0.29) is 13.0 Å². The molecule has 0 spiro atoms. The highest BCUT2D eigenvalue weighted by atomic mass is 35.5. The minimum Gasteiger partial charge on any atom is -0.497 e. The molecule has 0 aromatic heterocycles. The van der Waals surface area contributed by atoms with Crippen molar-refractivity contribution in [2.45, 2.75) is 24.6 Å². The molecule has 0 saturated heterocycles. The summed E-state index contributed by atoms with van der Waals surface area (Å²) in [7, 11) is 1.57. The number of aryl methyl sites for hydroxylation is 1. The quantitative estimate of drug-likeness (QED) is 0.485. The molecule has 0 fully saturated rings. The van der Waals surface area contributed by atoms with Crippen molar-refractivity contribution in [3.05, 3.63) is 29.3 Å². The Morgan fingerprint density at radius 3 is 2.84 bits per heavy atom. The fourth-order valence-corrected chi connectivity index (χ4v) is 2.45.